The van der Waals surface area contributed by atoms with E-state index in [-0.39, 0.29) is 23.1 Å². The lowest BCUT2D eigenvalue weighted by Gasteiger charge is -2.33. The fourth-order valence-electron chi connectivity index (χ4n) is 5.14. The normalized spacial score (nSPS) is 19.0. The van der Waals surface area contributed by atoms with E-state index in [0.29, 0.717) is 18.7 Å². The van der Waals surface area contributed by atoms with Gasteiger partial charge < -0.3 is 15.2 Å². The van der Waals surface area contributed by atoms with Gasteiger partial charge in [-0.1, -0.05) is 6.07 Å². The highest BCUT2D eigenvalue weighted by molar-refractivity contribution is 5.98. The minimum Gasteiger partial charge on any atom is -0.361 e. The number of nitrogens with zero attached hydrogens (tertiary/aromatic N) is 3. The molecular weight excluding hydrogens is 414 g/mol. The number of piperidine rings is 1. The number of anilines is 1. The zero-order valence-electron chi connectivity index (χ0n) is 18.2. The van der Waals surface area contributed by atoms with Gasteiger partial charge >= 0.3 is 0 Å². The number of hydrogen-bond donors (Lipinski definition) is 2. The zero-order chi connectivity index (χ0) is 22.4. The molecule has 0 unspecified atom stereocenters. The number of aromatic amines is 1. The van der Waals surface area contributed by atoms with E-state index in [4.69, 9.17) is 0 Å². The Hall–Kier alpha value is -3.87. The zero-order valence-corrected chi connectivity index (χ0v) is 18.2. The fraction of sp³-hybridized carbons (Fsp3) is 0.269. The minimum absolute atomic E-state index is 0.0239. The van der Waals surface area contributed by atoms with Gasteiger partial charge in [0, 0.05) is 54.4 Å². The topological polar surface area (TPSA) is 83.0 Å². The van der Waals surface area contributed by atoms with E-state index in [0.717, 1.165) is 41.5 Å². The largest absolute Gasteiger partial charge is 0.361 e. The van der Waals surface area contributed by atoms with Gasteiger partial charge in [-0.25, -0.2) is 4.68 Å². The fourth-order valence-corrected chi connectivity index (χ4v) is 5.14. The highest BCUT2D eigenvalue weighted by Crippen LogP contribution is 2.59. The van der Waals surface area contributed by atoms with Crippen LogP contribution in [-0.4, -0.2) is 44.6 Å². The van der Waals surface area contributed by atoms with E-state index in [2.05, 4.69) is 15.4 Å². The van der Waals surface area contributed by atoms with Crippen LogP contribution in [0.15, 0.2) is 73.2 Å². The van der Waals surface area contributed by atoms with Crippen LogP contribution in [0.25, 0.3) is 16.6 Å². The van der Waals surface area contributed by atoms with E-state index in [9.17, 15) is 9.59 Å². The SMILES string of the molecule is O=C(Nc1ccc(-n2cccn2)cc1)[C@@H]1CC12CCN(C(=O)c1ccc3cc[nH]c3c1)CC2. The highest BCUT2D eigenvalue weighted by atomic mass is 16.2. The molecule has 2 aromatic heterocycles. The third kappa shape index (κ3) is 3.59. The van der Waals surface area contributed by atoms with Crippen molar-refractivity contribution < 1.29 is 9.59 Å². The Bertz CT molecular complexity index is 1310. The Morgan fingerprint density at radius 1 is 1.06 bits per heavy atom. The molecule has 2 aromatic carbocycles. The average molecular weight is 440 g/mol. The summed E-state index contributed by atoms with van der Waals surface area (Å²) in [6.45, 7) is 1.40. The maximum atomic E-state index is 13.0. The van der Waals surface area contributed by atoms with Gasteiger partial charge in [0.05, 0.1) is 5.69 Å². The summed E-state index contributed by atoms with van der Waals surface area (Å²) in [6, 6.07) is 17.4. The lowest BCUT2D eigenvalue weighted by Crippen LogP contribution is -2.40. The Morgan fingerprint density at radius 2 is 1.88 bits per heavy atom. The molecule has 2 N–H and O–H groups in total. The van der Waals surface area contributed by atoms with Crippen LogP contribution in [-0.2, 0) is 4.79 Å². The molecule has 2 amide bonds. The molecule has 0 radical (unpaired) electrons. The number of carbonyl (C=O) groups is 2. The van der Waals surface area contributed by atoms with E-state index in [1.807, 2.05) is 71.9 Å². The smallest absolute Gasteiger partial charge is 0.253 e. The van der Waals surface area contributed by atoms with Gasteiger partial charge in [-0.2, -0.15) is 5.10 Å². The molecule has 1 saturated heterocycles. The number of H-pyrrole nitrogens is 1. The number of aromatic nitrogens is 3. The monoisotopic (exact) mass is 439 g/mol. The predicted molar refractivity (Wildman–Crippen MR) is 126 cm³/mol. The second-order valence-electron chi connectivity index (χ2n) is 9.18. The summed E-state index contributed by atoms with van der Waals surface area (Å²) in [5.41, 5.74) is 3.48. The van der Waals surface area contributed by atoms with Crippen LogP contribution in [0, 0.1) is 11.3 Å². The number of amides is 2. The van der Waals surface area contributed by atoms with Crippen LogP contribution in [0.2, 0.25) is 0 Å². The number of benzene rings is 2. The number of fused-ring (bicyclic) bond motifs is 1. The third-order valence-electron chi connectivity index (χ3n) is 7.26. The maximum Gasteiger partial charge on any atom is 0.253 e. The molecule has 1 atom stereocenters. The number of rotatable bonds is 4. The molecule has 7 nitrogen and oxygen atoms in total. The molecule has 7 heteroatoms. The molecule has 2 aliphatic rings. The molecule has 1 spiro atoms. The molecule has 4 aromatic rings. The summed E-state index contributed by atoms with van der Waals surface area (Å²) in [6.07, 6.45) is 8.16. The second kappa shape index (κ2) is 7.62. The molecule has 33 heavy (non-hydrogen) atoms. The van der Waals surface area contributed by atoms with Crippen molar-refractivity contribution in [3.8, 4) is 5.69 Å². The Balaban J connectivity index is 1.05. The second-order valence-corrected chi connectivity index (χ2v) is 9.18. The summed E-state index contributed by atoms with van der Waals surface area (Å²) in [4.78, 5) is 31.0. The number of likely N-dealkylation sites (tertiary alicyclic amines) is 1. The van der Waals surface area contributed by atoms with E-state index >= 15 is 0 Å². The Labute approximate surface area is 191 Å². The summed E-state index contributed by atoms with van der Waals surface area (Å²) in [7, 11) is 0. The standard InChI is InChI=1S/C26H25N5O2/c32-24(29-20-4-6-21(7-5-20)31-13-1-11-28-31)22-17-26(22)9-14-30(15-10-26)25(33)19-3-2-18-8-12-27-23(18)16-19/h1-8,11-13,16,22,27H,9-10,14-15,17H2,(H,29,32)/t22-/m0/s1. The van der Waals surface area contributed by atoms with E-state index in [1.54, 1.807) is 10.9 Å². The van der Waals surface area contributed by atoms with Gasteiger partial charge in [0.25, 0.3) is 5.91 Å². The van der Waals surface area contributed by atoms with Crippen molar-refractivity contribution in [3.05, 3.63) is 78.8 Å². The molecule has 1 aliphatic carbocycles. The summed E-state index contributed by atoms with van der Waals surface area (Å²) in [5.74, 6) is 0.176. The third-order valence-corrected chi connectivity index (χ3v) is 7.26. The lowest BCUT2D eigenvalue weighted by atomic mass is 9.90. The molecule has 1 aliphatic heterocycles. The molecule has 3 heterocycles. The number of nitrogens with one attached hydrogen (secondary N) is 2. The van der Waals surface area contributed by atoms with Crippen LogP contribution in [0.1, 0.15) is 29.6 Å². The van der Waals surface area contributed by atoms with Gasteiger partial charge in [0.2, 0.25) is 5.91 Å². The van der Waals surface area contributed by atoms with Crippen LogP contribution < -0.4 is 5.32 Å². The summed E-state index contributed by atoms with van der Waals surface area (Å²) < 4.78 is 1.78. The Morgan fingerprint density at radius 3 is 2.64 bits per heavy atom. The van der Waals surface area contributed by atoms with Crippen LogP contribution in [0.5, 0.6) is 0 Å². The quantitative estimate of drug-likeness (QED) is 0.499. The first-order chi connectivity index (χ1) is 16.1. The minimum atomic E-state index is 0.0239. The summed E-state index contributed by atoms with van der Waals surface area (Å²) >= 11 is 0. The van der Waals surface area contributed by atoms with Crippen LogP contribution in [0.3, 0.4) is 0 Å². The Kier molecular flexibility index (Phi) is 4.57. The first kappa shape index (κ1) is 19.8. The maximum absolute atomic E-state index is 13.0. The predicted octanol–water partition coefficient (Wildman–Crippen LogP) is 4.23. The van der Waals surface area contributed by atoms with E-state index in [1.165, 1.54) is 0 Å². The van der Waals surface area contributed by atoms with Crippen molar-refractivity contribution in [2.45, 2.75) is 19.3 Å². The number of hydrogen-bond acceptors (Lipinski definition) is 3. The number of carbonyl (C=O) groups excluding carboxylic acids is 2. The van der Waals surface area contributed by atoms with Crippen LogP contribution >= 0.6 is 0 Å². The van der Waals surface area contributed by atoms with Crippen molar-refractivity contribution in [2.24, 2.45) is 11.3 Å². The molecular formula is C26H25N5O2. The van der Waals surface area contributed by atoms with Gasteiger partial charge in [-0.05, 0) is 78.6 Å². The van der Waals surface area contributed by atoms with Crippen molar-refractivity contribution in [2.75, 3.05) is 18.4 Å². The lowest BCUT2D eigenvalue weighted by molar-refractivity contribution is -0.118. The van der Waals surface area contributed by atoms with Gasteiger partial charge in [0.1, 0.15) is 0 Å². The van der Waals surface area contributed by atoms with Crippen molar-refractivity contribution in [1.29, 1.82) is 0 Å². The van der Waals surface area contributed by atoms with Gasteiger partial charge in [0.15, 0.2) is 0 Å². The molecule has 2 fully saturated rings. The van der Waals surface area contributed by atoms with Crippen molar-refractivity contribution >= 4 is 28.4 Å². The first-order valence-corrected chi connectivity index (χ1v) is 11.4. The van der Waals surface area contributed by atoms with Gasteiger partial charge in [-0.15, -0.1) is 0 Å². The van der Waals surface area contributed by atoms with Crippen molar-refractivity contribution in [1.82, 2.24) is 19.7 Å². The van der Waals surface area contributed by atoms with Gasteiger partial charge in [-0.3, -0.25) is 9.59 Å². The molecule has 6 rings (SSSR count). The van der Waals surface area contributed by atoms with E-state index < -0.39 is 0 Å². The molecule has 166 valence electrons. The summed E-state index contributed by atoms with van der Waals surface area (Å²) in [5, 5.41) is 8.39. The first-order valence-electron chi connectivity index (χ1n) is 11.4. The average Bonchev–Trinajstić information content (AvgIpc) is 3.21. The molecule has 1 saturated carbocycles. The van der Waals surface area contributed by atoms with Crippen molar-refractivity contribution in [3.63, 3.8) is 0 Å². The molecule has 0 bridgehead atoms. The van der Waals surface area contributed by atoms with Crippen LogP contribution in [0.4, 0.5) is 5.69 Å². The highest BCUT2D eigenvalue weighted by Gasteiger charge is 2.58.